The lowest BCUT2D eigenvalue weighted by Crippen LogP contribution is -2.38. The van der Waals surface area contributed by atoms with E-state index in [0.717, 1.165) is 30.4 Å². The van der Waals surface area contributed by atoms with Crippen LogP contribution in [0.4, 0.5) is 13.2 Å². The molecule has 1 aromatic carbocycles. The molecule has 0 spiro atoms. The molecule has 4 heterocycles. The van der Waals surface area contributed by atoms with Crippen LogP contribution in [0.2, 0.25) is 0 Å². The lowest BCUT2D eigenvalue weighted by atomic mass is 9.83. The summed E-state index contributed by atoms with van der Waals surface area (Å²) in [5.41, 5.74) is 1.97. The highest BCUT2D eigenvalue weighted by Crippen LogP contribution is 2.41. The van der Waals surface area contributed by atoms with Crippen LogP contribution in [0.25, 0.3) is 5.69 Å². The highest BCUT2D eigenvalue weighted by atomic mass is 19.4. The zero-order valence-electron chi connectivity index (χ0n) is 18.9. The monoisotopic (exact) mass is 465 g/mol. The first-order valence-electron chi connectivity index (χ1n) is 11.1. The number of amidine groups is 1. The molecule has 6 nitrogen and oxygen atoms in total. The van der Waals surface area contributed by atoms with Gasteiger partial charge in [-0.15, -0.1) is 0 Å². The van der Waals surface area contributed by atoms with Crippen molar-refractivity contribution in [1.29, 1.82) is 0 Å². The van der Waals surface area contributed by atoms with Crippen molar-refractivity contribution >= 4 is 19.1 Å². The van der Waals surface area contributed by atoms with E-state index >= 15 is 0 Å². The molecule has 2 aliphatic rings. The van der Waals surface area contributed by atoms with E-state index < -0.39 is 17.7 Å². The maximum absolute atomic E-state index is 13.8. The Bertz CT molecular complexity index is 1260. The molecular formula is C24H23BF3N5O. The lowest BCUT2D eigenvalue weighted by Gasteiger charge is -2.33. The van der Waals surface area contributed by atoms with Crippen LogP contribution in [0.5, 0.6) is 5.88 Å². The van der Waals surface area contributed by atoms with E-state index in [9.17, 15) is 13.2 Å². The summed E-state index contributed by atoms with van der Waals surface area (Å²) in [6, 6.07) is 7.54. The number of ether oxygens (including phenoxy) is 1. The molecule has 34 heavy (non-hydrogen) atoms. The van der Waals surface area contributed by atoms with Gasteiger partial charge in [-0.05, 0) is 37.5 Å². The van der Waals surface area contributed by atoms with Crippen LogP contribution >= 0.6 is 0 Å². The minimum absolute atomic E-state index is 0.0967. The topological polar surface area (TPSA) is 55.5 Å². The summed E-state index contributed by atoms with van der Waals surface area (Å²) < 4.78 is 48.7. The average molecular weight is 465 g/mol. The number of aryl methyl sites for hydroxylation is 1. The van der Waals surface area contributed by atoms with E-state index in [1.165, 1.54) is 12.1 Å². The van der Waals surface area contributed by atoms with Crippen LogP contribution < -0.4 is 10.2 Å². The first kappa shape index (κ1) is 22.5. The first-order valence-corrected chi connectivity index (χ1v) is 11.1. The fourth-order valence-electron chi connectivity index (χ4n) is 4.83. The van der Waals surface area contributed by atoms with Crippen LogP contribution in [0.15, 0.2) is 47.8 Å². The Balaban J connectivity index is 1.50. The number of imidazole rings is 1. The maximum atomic E-state index is 13.8. The molecule has 174 valence electrons. The van der Waals surface area contributed by atoms with Crippen molar-refractivity contribution in [2.45, 2.75) is 37.9 Å². The molecule has 2 radical (unpaired) electrons. The number of piperidine rings is 1. The molecule has 0 saturated carbocycles. The largest absolute Gasteiger partial charge is 0.479 e. The molecule has 1 fully saturated rings. The second-order valence-corrected chi connectivity index (χ2v) is 8.68. The number of fused-ring (bicyclic) bond motifs is 1. The van der Waals surface area contributed by atoms with Gasteiger partial charge in [-0.25, -0.2) is 9.97 Å². The Labute approximate surface area is 196 Å². The summed E-state index contributed by atoms with van der Waals surface area (Å²) in [5.74, 6) is 0.682. The van der Waals surface area contributed by atoms with Crippen LogP contribution in [0, 0.1) is 6.92 Å². The summed E-state index contributed by atoms with van der Waals surface area (Å²) in [6.45, 7) is 3.23. The fourth-order valence-corrected chi connectivity index (χ4v) is 4.83. The van der Waals surface area contributed by atoms with Gasteiger partial charge in [0.15, 0.2) is 0 Å². The van der Waals surface area contributed by atoms with Gasteiger partial charge in [-0.1, -0.05) is 23.7 Å². The molecular weight excluding hydrogens is 442 g/mol. The van der Waals surface area contributed by atoms with Crippen LogP contribution in [0.3, 0.4) is 0 Å². The number of hydrogen-bond acceptors (Lipinski definition) is 5. The zero-order chi connectivity index (χ0) is 24.0. The third-order valence-electron chi connectivity index (χ3n) is 6.38. The van der Waals surface area contributed by atoms with E-state index in [2.05, 4.69) is 14.9 Å². The summed E-state index contributed by atoms with van der Waals surface area (Å²) in [7, 11) is 7.23. The number of hydrogen-bond donors (Lipinski definition) is 0. The molecule has 5 rings (SSSR count). The molecule has 2 aromatic heterocycles. The Morgan fingerprint density at radius 3 is 2.71 bits per heavy atom. The first-order chi connectivity index (χ1) is 16.2. The van der Waals surface area contributed by atoms with Gasteiger partial charge < -0.3 is 14.2 Å². The summed E-state index contributed by atoms with van der Waals surface area (Å²) in [6.07, 6.45) is 0.477. The summed E-state index contributed by atoms with van der Waals surface area (Å²) in [4.78, 5) is 15.9. The highest BCUT2D eigenvalue weighted by molar-refractivity contribution is 6.32. The number of aromatic nitrogens is 3. The maximum Gasteiger partial charge on any atom is 0.416 e. The van der Waals surface area contributed by atoms with Crippen LogP contribution in [-0.4, -0.2) is 53.3 Å². The Morgan fingerprint density at radius 2 is 2.00 bits per heavy atom. The molecule has 2 atom stereocenters. The van der Waals surface area contributed by atoms with E-state index in [1.807, 2.05) is 29.8 Å². The van der Waals surface area contributed by atoms with E-state index in [4.69, 9.17) is 17.6 Å². The minimum Gasteiger partial charge on any atom is -0.479 e. The molecule has 0 amide bonds. The molecule has 0 aliphatic carbocycles. The highest BCUT2D eigenvalue weighted by Gasteiger charge is 2.41. The Kier molecular flexibility index (Phi) is 5.61. The number of rotatable bonds is 4. The van der Waals surface area contributed by atoms with E-state index in [1.54, 1.807) is 13.4 Å². The van der Waals surface area contributed by atoms with Crippen LogP contribution in [-0.2, 0) is 6.18 Å². The van der Waals surface area contributed by atoms with Gasteiger partial charge in [0.2, 0.25) is 5.88 Å². The number of aliphatic imine (C=N–C) groups is 1. The number of pyridine rings is 1. The molecule has 0 N–H and O–H groups in total. The molecule has 1 saturated heterocycles. The normalized spacial score (nSPS) is 20.3. The Hall–Kier alpha value is -3.30. The second-order valence-electron chi connectivity index (χ2n) is 8.68. The zero-order valence-corrected chi connectivity index (χ0v) is 18.9. The lowest BCUT2D eigenvalue weighted by molar-refractivity contribution is -0.138. The predicted molar refractivity (Wildman–Crippen MR) is 123 cm³/mol. The van der Waals surface area contributed by atoms with Gasteiger partial charge in [0.05, 0.1) is 30.4 Å². The predicted octanol–water partition coefficient (Wildman–Crippen LogP) is 3.73. The van der Waals surface area contributed by atoms with Crippen molar-refractivity contribution < 1.29 is 17.9 Å². The molecule has 0 bridgehead atoms. The van der Waals surface area contributed by atoms with E-state index in [0.29, 0.717) is 30.4 Å². The summed E-state index contributed by atoms with van der Waals surface area (Å²) in [5, 5.41) is 0. The standard InChI is InChI=1S/C24H23BF3N5O/c1-14-11-33(13-29-14)21-8-7-19(31-23(21)34-2)20-12-32-9-3-4-17(22(32)30-20)16-6-5-15(25)10-18(16)24(26,27)28/h5-8,10-11,13,17,20H,3-4,9,12H2,1-2H3/t17-,20?/m1/s1. The number of alkyl halides is 3. The molecule has 1 unspecified atom stereocenters. The van der Waals surface area contributed by atoms with Gasteiger partial charge in [-0.2, -0.15) is 13.2 Å². The number of halogens is 3. The van der Waals surface area contributed by atoms with Gasteiger partial charge >= 0.3 is 6.18 Å². The third kappa shape index (κ3) is 4.06. The van der Waals surface area contributed by atoms with Gasteiger partial charge in [0.25, 0.3) is 0 Å². The van der Waals surface area contributed by atoms with Crippen molar-refractivity contribution in [1.82, 2.24) is 19.4 Å². The fraction of sp³-hybridized carbons (Fsp3) is 0.375. The van der Waals surface area contributed by atoms with Gasteiger partial charge in [-0.3, -0.25) is 4.99 Å². The van der Waals surface area contributed by atoms with Crippen LogP contribution in [0.1, 0.15) is 47.3 Å². The second kappa shape index (κ2) is 8.49. The summed E-state index contributed by atoms with van der Waals surface area (Å²) >= 11 is 0. The number of nitrogens with zero attached hydrogens (tertiary/aromatic N) is 5. The van der Waals surface area contributed by atoms with Crippen molar-refractivity contribution in [3.63, 3.8) is 0 Å². The van der Waals surface area contributed by atoms with E-state index in [-0.39, 0.29) is 17.1 Å². The molecule has 10 heteroatoms. The Morgan fingerprint density at radius 1 is 1.18 bits per heavy atom. The quantitative estimate of drug-likeness (QED) is 0.552. The van der Waals surface area contributed by atoms with Gasteiger partial charge in [0.1, 0.15) is 25.4 Å². The smallest absolute Gasteiger partial charge is 0.416 e. The van der Waals surface area contributed by atoms with Gasteiger partial charge in [0, 0.05) is 25.2 Å². The van der Waals surface area contributed by atoms with Crippen molar-refractivity contribution in [2.24, 2.45) is 4.99 Å². The van der Waals surface area contributed by atoms with Crippen molar-refractivity contribution in [2.75, 3.05) is 20.2 Å². The number of benzene rings is 1. The molecule has 2 aliphatic heterocycles. The third-order valence-corrected chi connectivity index (χ3v) is 6.38. The minimum atomic E-state index is -4.48. The average Bonchev–Trinajstić information content (AvgIpc) is 3.44. The van der Waals surface area contributed by atoms with Crippen molar-refractivity contribution in [3.05, 3.63) is 65.4 Å². The SMILES string of the molecule is [B]c1ccc([C@H]2CCCN3CC(c4ccc(-n5cnc(C)c5)c(OC)n4)N=C23)c(C(F)(F)F)c1. The number of methoxy groups -OCH3 is 1. The molecule has 3 aromatic rings. The van der Waals surface area contributed by atoms with Crippen molar-refractivity contribution in [3.8, 4) is 11.6 Å².